The third-order valence-electron chi connectivity index (χ3n) is 3.96. The van der Waals surface area contributed by atoms with Crippen LogP contribution in [-0.2, 0) is 4.79 Å². The van der Waals surface area contributed by atoms with Crippen molar-refractivity contribution in [3.05, 3.63) is 35.6 Å². The van der Waals surface area contributed by atoms with Crippen molar-refractivity contribution in [3.63, 3.8) is 0 Å². The van der Waals surface area contributed by atoms with Gasteiger partial charge in [-0.05, 0) is 26.3 Å². The van der Waals surface area contributed by atoms with Gasteiger partial charge in [0.2, 0.25) is 5.91 Å². The van der Waals surface area contributed by atoms with E-state index in [4.69, 9.17) is 0 Å². The number of halogens is 1. The Balaban J connectivity index is 2.26. The van der Waals surface area contributed by atoms with Crippen LogP contribution < -0.4 is 5.32 Å². The normalized spacial score (nSPS) is 24.2. The SMILES string of the molecule is CCCCC(C)N1C(=O)C(C)NC1c1ccccc1F. The molecule has 1 saturated heterocycles. The highest BCUT2D eigenvalue weighted by Crippen LogP contribution is 2.30. The Hall–Kier alpha value is -1.42. The van der Waals surface area contributed by atoms with E-state index in [2.05, 4.69) is 12.2 Å². The third-order valence-corrected chi connectivity index (χ3v) is 3.96. The molecule has 1 heterocycles. The van der Waals surface area contributed by atoms with Crippen molar-refractivity contribution in [2.45, 2.75) is 58.3 Å². The lowest BCUT2D eigenvalue weighted by molar-refractivity contribution is -0.132. The van der Waals surface area contributed by atoms with E-state index in [1.807, 2.05) is 19.9 Å². The van der Waals surface area contributed by atoms with Gasteiger partial charge in [0.15, 0.2) is 0 Å². The van der Waals surface area contributed by atoms with Crippen molar-refractivity contribution >= 4 is 5.91 Å². The summed E-state index contributed by atoms with van der Waals surface area (Å²) in [6.07, 6.45) is 2.76. The van der Waals surface area contributed by atoms with E-state index < -0.39 is 0 Å². The first-order valence-corrected chi connectivity index (χ1v) is 7.39. The first-order chi connectivity index (χ1) is 9.56. The zero-order valence-electron chi connectivity index (χ0n) is 12.4. The fourth-order valence-electron chi connectivity index (χ4n) is 2.79. The zero-order valence-corrected chi connectivity index (χ0v) is 12.4. The number of nitrogens with one attached hydrogen (secondary N) is 1. The maximum absolute atomic E-state index is 14.0. The number of benzene rings is 1. The van der Waals surface area contributed by atoms with Gasteiger partial charge in [-0.1, -0.05) is 38.0 Å². The Kier molecular flexibility index (Phi) is 4.76. The van der Waals surface area contributed by atoms with Gasteiger partial charge in [-0.15, -0.1) is 0 Å². The largest absolute Gasteiger partial charge is 0.319 e. The summed E-state index contributed by atoms with van der Waals surface area (Å²) in [5.74, 6) is -0.207. The molecule has 110 valence electrons. The van der Waals surface area contributed by atoms with Crippen molar-refractivity contribution < 1.29 is 9.18 Å². The molecule has 20 heavy (non-hydrogen) atoms. The van der Waals surface area contributed by atoms with Crippen molar-refractivity contribution in [1.29, 1.82) is 0 Å². The molecule has 1 fully saturated rings. The van der Waals surface area contributed by atoms with Gasteiger partial charge in [-0.3, -0.25) is 10.1 Å². The first kappa shape index (κ1) is 15.0. The first-order valence-electron chi connectivity index (χ1n) is 7.39. The molecule has 3 atom stereocenters. The summed E-state index contributed by atoms with van der Waals surface area (Å²) < 4.78 is 14.0. The van der Waals surface area contributed by atoms with Gasteiger partial charge in [-0.25, -0.2) is 4.39 Å². The summed E-state index contributed by atoms with van der Waals surface area (Å²) in [6, 6.07) is 6.53. The van der Waals surface area contributed by atoms with E-state index in [0.717, 1.165) is 19.3 Å². The lowest BCUT2D eigenvalue weighted by Gasteiger charge is -2.31. The second-order valence-electron chi connectivity index (χ2n) is 5.55. The number of unbranched alkanes of at least 4 members (excludes halogenated alkanes) is 1. The maximum Gasteiger partial charge on any atom is 0.241 e. The molecular weight excluding hydrogens is 255 g/mol. The predicted octanol–water partition coefficient (Wildman–Crippen LogP) is 3.22. The van der Waals surface area contributed by atoms with Crippen LogP contribution in [0.1, 0.15) is 51.8 Å². The van der Waals surface area contributed by atoms with Crippen molar-refractivity contribution in [2.24, 2.45) is 0 Å². The number of rotatable bonds is 5. The Morgan fingerprint density at radius 3 is 2.75 bits per heavy atom. The average molecular weight is 278 g/mol. The van der Waals surface area contributed by atoms with Gasteiger partial charge in [-0.2, -0.15) is 0 Å². The van der Waals surface area contributed by atoms with Crippen LogP contribution >= 0.6 is 0 Å². The molecule has 3 unspecified atom stereocenters. The van der Waals surface area contributed by atoms with E-state index in [0.29, 0.717) is 5.56 Å². The summed E-state index contributed by atoms with van der Waals surface area (Å²) in [4.78, 5) is 14.2. The van der Waals surface area contributed by atoms with Gasteiger partial charge in [0.05, 0.1) is 6.04 Å². The molecule has 4 heteroatoms. The highest BCUT2D eigenvalue weighted by Gasteiger charge is 2.40. The van der Waals surface area contributed by atoms with Gasteiger partial charge in [0, 0.05) is 11.6 Å². The molecule has 0 saturated carbocycles. The van der Waals surface area contributed by atoms with Crippen molar-refractivity contribution in [3.8, 4) is 0 Å². The molecule has 0 aromatic heterocycles. The number of hydrogen-bond donors (Lipinski definition) is 1. The standard InChI is InChI=1S/C16H23FN2O/c1-4-5-8-11(2)19-15(18-12(3)16(19)20)13-9-6-7-10-14(13)17/h6-7,9-12,15,18H,4-5,8H2,1-3H3. The highest BCUT2D eigenvalue weighted by atomic mass is 19.1. The lowest BCUT2D eigenvalue weighted by Crippen LogP contribution is -2.38. The molecule has 1 aliphatic heterocycles. The predicted molar refractivity (Wildman–Crippen MR) is 77.6 cm³/mol. The molecule has 1 aliphatic rings. The van der Waals surface area contributed by atoms with Crippen LogP contribution in [0.4, 0.5) is 4.39 Å². The Morgan fingerprint density at radius 2 is 2.10 bits per heavy atom. The minimum Gasteiger partial charge on any atom is -0.319 e. The number of hydrogen-bond acceptors (Lipinski definition) is 2. The van der Waals surface area contributed by atoms with Gasteiger partial charge in [0.1, 0.15) is 12.0 Å². The van der Waals surface area contributed by atoms with Crippen molar-refractivity contribution in [2.75, 3.05) is 0 Å². The molecule has 1 N–H and O–H groups in total. The van der Waals surface area contributed by atoms with Crippen LogP contribution in [0.2, 0.25) is 0 Å². The molecule has 0 bridgehead atoms. The Labute approximate surface area is 120 Å². The molecule has 0 spiro atoms. The van der Waals surface area contributed by atoms with Crippen LogP contribution in [-0.4, -0.2) is 22.9 Å². The summed E-state index contributed by atoms with van der Waals surface area (Å²) in [6.45, 7) is 6.01. The van der Waals surface area contributed by atoms with Gasteiger partial charge in [0.25, 0.3) is 0 Å². The molecule has 0 radical (unpaired) electrons. The third kappa shape index (κ3) is 2.85. The Bertz CT molecular complexity index is 477. The molecule has 0 aliphatic carbocycles. The fourth-order valence-corrected chi connectivity index (χ4v) is 2.79. The minimum atomic E-state index is -0.356. The van der Waals surface area contributed by atoms with E-state index >= 15 is 0 Å². The number of carbonyl (C=O) groups is 1. The molecule has 1 aromatic carbocycles. The average Bonchev–Trinajstić information content (AvgIpc) is 2.73. The summed E-state index contributed by atoms with van der Waals surface area (Å²) in [5.41, 5.74) is 0.550. The monoisotopic (exact) mass is 278 g/mol. The molecule has 1 aromatic rings. The zero-order chi connectivity index (χ0) is 14.7. The van der Waals surface area contributed by atoms with Gasteiger partial charge >= 0.3 is 0 Å². The topological polar surface area (TPSA) is 32.3 Å². The van der Waals surface area contributed by atoms with Crippen LogP contribution in [0, 0.1) is 5.82 Å². The van der Waals surface area contributed by atoms with Crippen LogP contribution in [0.3, 0.4) is 0 Å². The summed E-state index contributed by atoms with van der Waals surface area (Å²) >= 11 is 0. The minimum absolute atomic E-state index is 0.0573. The van der Waals surface area contributed by atoms with Crippen LogP contribution in [0.5, 0.6) is 0 Å². The Morgan fingerprint density at radius 1 is 1.40 bits per heavy atom. The van der Waals surface area contributed by atoms with Crippen molar-refractivity contribution in [1.82, 2.24) is 10.2 Å². The fraction of sp³-hybridized carbons (Fsp3) is 0.562. The molecule has 2 rings (SSSR count). The van der Waals surface area contributed by atoms with Crippen LogP contribution in [0.25, 0.3) is 0 Å². The second-order valence-corrected chi connectivity index (χ2v) is 5.55. The van der Waals surface area contributed by atoms with E-state index in [1.54, 1.807) is 17.0 Å². The molecular formula is C16H23FN2O. The highest BCUT2D eigenvalue weighted by molar-refractivity contribution is 5.84. The second kappa shape index (κ2) is 6.35. The lowest BCUT2D eigenvalue weighted by atomic mass is 10.1. The number of carbonyl (C=O) groups excluding carboxylic acids is 1. The summed E-state index contributed by atoms with van der Waals surface area (Å²) in [7, 11) is 0. The van der Waals surface area contributed by atoms with Gasteiger partial charge < -0.3 is 4.90 Å². The van der Waals surface area contributed by atoms with E-state index in [9.17, 15) is 9.18 Å². The number of amides is 1. The smallest absolute Gasteiger partial charge is 0.241 e. The number of nitrogens with zero attached hydrogens (tertiary/aromatic N) is 1. The van der Waals surface area contributed by atoms with E-state index in [-0.39, 0.29) is 30.0 Å². The molecule has 3 nitrogen and oxygen atoms in total. The van der Waals surface area contributed by atoms with Crippen LogP contribution in [0.15, 0.2) is 24.3 Å². The quantitative estimate of drug-likeness (QED) is 0.897. The summed E-state index contributed by atoms with van der Waals surface area (Å²) in [5, 5.41) is 3.20. The molecule has 1 amide bonds. The van der Waals surface area contributed by atoms with E-state index in [1.165, 1.54) is 6.07 Å². The maximum atomic E-state index is 14.0.